The number of aliphatic hydroxyl groups excluding tert-OH is 1. The monoisotopic (exact) mass is 282 g/mol. The summed E-state index contributed by atoms with van der Waals surface area (Å²) < 4.78 is 4.49. The number of amides is 1. The van der Waals surface area contributed by atoms with Gasteiger partial charge in [0.1, 0.15) is 6.10 Å². The van der Waals surface area contributed by atoms with Crippen molar-refractivity contribution in [2.45, 2.75) is 19.1 Å². The summed E-state index contributed by atoms with van der Waals surface area (Å²) in [6.45, 7) is 1.18. The molecule has 20 heavy (non-hydrogen) atoms. The molecule has 1 aromatic carbocycles. The highest BCUT2D eigenvalue weighted by Gasteiger charge is 2.30. The molecule has 0 saturated carbocycles. The fourth-order valence-electron chi connectivity index (χ4n) is 1.63. The number of aliphatic hydroxyl groups is 1. The van der Waals surface area contributed by atoms with E-state index < -0.39 is 28.9 Å². The van der Waals surface area contributed by atoms with Gasteiger partial charge in [-0.05, 0) is 5.56 Å². The Kier molecular flexibility index (Phi) is 5.15. The van der Waals surface area contributed by atoms with E-state index in [1.165, 1.54) is 25.1 Å². The number of nitro groups is 1. The van der Waals surface area contributed by atoms with E-state index in [0.29, 0.717) is 0 Å². The average molecular weight is 282 g/mol. The molecule has 108 valence electrons. The topological polar surface area (TPSA) is 119 Å². The number of non-ortho nitro benzene ring substituents is 1. The molecule has 0 radical (unpaired) electrons. The molecule has 1 amide bonds. The molecule has 0 heterocycles. The highest BCUT2D eigenvalue weighted by atomic mass is 16.6. The summed E-state index contributed by atoms with van der Waals surface area (Å²) in [6, 6.07) is 3.83. The first-order valence-corrected chi connectivity index (χ1v) is 5.64. The molecule has 8 heteroatoms. The van der Waals surface area contributed by atoms with Crippen LogP contribution in [0.3, 0.4) is 0 Å². The Bertz CT molecular complexity index is 530. The van der Waals surface area contributed by atoms with E-state index in [1.807, 2.05) is 0 Å². The van der Waals surface area contributed by atoms with E-state index in [-0.39, 0.29) is 11.3 Å². The molecular weight excluding hydrogens is 268 g/mol. The molecule has 0 saturated heterocycles. The number of methoxy groups -OCH3 is 1. The van der Waals surface area contributed by atoms with Crippen LogP contribution in [0.15, 0.2) is 24.3 Å². The zero-order chi connectivity index (χ0) is 15.3. The first-order chi connectivity index (χ1) is 9.36. The van der Waals surface area contributed by atoms with Gasteiger partial charge in [-0.25, -0.2) is 4.79 Å². The lowest BCUT2D eigenvalue weighted by Gasteiger charge is -2.21. The molecule has 1 aromatic rings. The lowest BCUT2D eigenvalue weighted by atomic mass is 10.0. The molecule has 0 bridgehead atoms. The molecule has 0 aromatic heterocycles. The number of carbonyl (C=O) groups is 2. The van der Waals surface area contributed by atoms with Crippen LogP contribution in [0.4, 0.5) is 5.69 Å². The number of hydrogen-bond acceptors (Lipinski definition) is 6. The van der Waals surface area contributed by atoms with Gasteiger partial charge < -0.3 is 15.2 Å². The predicted molar refractivity (Wildman–Crippen MR) is 67.7 cm³/mol. The van der Waals surface area contributed by atoms with Crippen molar-refractivity contribution in [3.05, 3.63) is 39.9 Å². The fraction of sp³-hybridized carbons (Fsp3) is 0.333. The molecule has 0 aliphatic rings. The minimum atomic E-state index is -1.45. The largest absolute Gasteiger partial charge is 0.467 e. The molecule has 0 spiro atoms. The zero-order valence-corrected chi connectivity index (χ0v) is 10.9. The number of carbonyl (C=O) groups excluding carboxylic acids is 2. The van der Waals surface area contributed by atoms with Gasteiger partial charge in [0.2, 0.25) is 5.91 Å². The molecular formula is C12H14N2O6. The van der Waals surface area contributed by atoms with E-state index in [0.717, 1.165) is 13.2 Å². The van der Waals surface area contributed by atoms with E-state index in [2.05, 4.69) is 10.1 Å². The van der Waals surface area contributed by atoms with Crippen LogP contribution in [-0.4, -0.2) is 35.1 Å². The van der Waals surface area contributed by atoms with E-state index in [9.17, 15) is 24.8 Å². The summed E-state index contributed by atoms with van der Waals surface area (Å²) >= 11 is 0. The summed E-state index contributed by atoms with van der Waals surface area (Å²) in [7, 11) is 1.11. The molecule has 8 nitrogen and oxygen atoms in total. The van der Waals surface area contributed by atoms with Crippen LogP contribution in [0.2, 0.25) is 0 Å². The highest BCUT2D eigenvalue weighted by molar-refractivity contribution is 5.83. The standard InChI is InChI=1S/C12H14N2O6/c1-7(15)13-10(12(17)20-2)11(16)8-4-3-5-9(6-8)14(18)19/h3-6,10-11,16H,1-2H3,(H,13,15)/t10-,11-/m1/s1. The van der Waals surface area contributed by atoms with E-state index in [1.54, 1.807) is 0 Å². The summed E-state index contributed by atoms with van der Waals surface area (Å²) in [5.41, 5.74) is -0.101. The molecule has 0 fully saturated rings. The summed E-state index contributed by atoms with van der Waals surface area (Å²) in [5.74, 6) is -1.39. The maximum absolute atomic E-state index is 11.6. The quantitative estimate of drug-likeness (QED) is 0.455. The Balaban J connectivity index is 3.07. The third-order valence-corrected chi connectivity index (χ3v) is 2.55. The smallest absolute Gasteiger partial charge is 0.331 e. The Hall–Kier alpha value is -2.48. The van der Waals surface area contributed by atoms with Crippen molar-refractivity contribution in [1.29, 1.82) is 0 Å². The Labute approximate surface area is 114 Å². The second-order valence-corrected chi connectivity index (χ2v) is 4.00. The van der Waals surface area contributed by atoms with Crippen molar-refractivity contribution in [1.82, 2.24) is 5.32 Å². The predicted octanol–water partition coefficient (Wildman–Crippen LogP) is 0.306. The van der Waals surface area contributed by atoms with Crippen molar-refractivity contribution in [2.24, 2.45) is 0 Å². The van der Waals surface area contributed by atoms with Crippen LogP contribution in [-0.2, 0) is 14.3 Å². The second kappa shape index (κ2) is 6.62. The van der Waals surface area contributed by atoms with Crippen molar-refractivity contribution in [3.8, 4) is 0 Å². The van der Waals surface area contributed by atoms with Gasteiger partial charge in [-0.1, -0.05) is 12.1 Å². The van der Waals surface area contributed by atoms with Crippen molar-refractivity contribution < 1.29 is 24.4 Å². The normalized spacial score (nSPS) is 13.2. The SMILES string of the molecule is COC(=O)[C@H](NC(C)=O)[C@H](O)c1cccc([N+](=O)[O-])c1. The van der Waals surface area contributed by atoms with Crippen LogP contribution in [0.25, 0.3) is 0 Å². The van der Waals surface area contributed by atoms with Gasteiger partial charge in [-0.3, -0.25) is 14.9 Å². The fourth-order valence-corrected chi connectivity index (χ4v) is 1.63. The zero-order valence-electron chi connectivity index (χ0n) is 10.9. The van der Waals surface area contributed by atoms with Gasteiger partial charge in [0.25, 0.3) is 5.69 Å². The molecule has 2 atom stereocenters. The first-order valence-electron chi connectivity index (χ1n) is 5.64. The van der Waals surface area contributed by atoms with E-state index >= 15 is 0 Å². The van der Waals surface area contributed by atoms with Gasteiger partial charge >= 0.3 is 5.97 Å². The maximum Gasteiger partial charge on any atom is 0.331 e. The molecule has 1 rings (SSSR count). The number of nitrogens with zero attached hydrogens (tertiary/aromatic N) is 1. The van der Waals surface area contributed by atoms with Crippen molar-refractivity contribution >= 4 is 17.6 Å². The summed E-state index contributed by atoms with van der Waals surface area (Å²) in [4.78, 5) is 32.7. The molecule has 0 unspecified atom stereocenters. The molecule has 0 aliphatic heterocycles. The number of hydrogen-bond donors (Lipinski definition) is 2. The van der Waals surface area contributed by atoms with Crippen LogP contribution in [0.1, 0.15) is 18.6 Å². The van der Waals surface area contributed by atoms with Crippen LogP contribution in [0.5, 0.6) is 0 Å². The minimum absolute atomic E-state index is 0.128. The third kappa shape index (κ3) is 3.75. The Morgan fingerprint density at radius 1 is 1.45 bits per heavy atom. The van der Waals surface area contributed by atoms with Crippen LogP contribution >= 0.6 is 0 Å². The molecule has 2 N–H and O–H groups in total. The number of ether oxygens (including phenoxy) is 1. The van der Waals surface area contributed by atoms with Crippen LogP contribution < -0.4 is 5.32 Å². The Morgan fingerprint density at radius 2 is 2.10 bits per heavy atom. The first kappa shape index (κ1) is 15.6. The lowest BCUT2D eigenvalue weighted by Crippen LogP contribution is -2.44. The summed E-state index contributed by atoms with van der Waals surface area (Å²) in [6.07, 6.45) is -1.45. The summed E-state index contributed by atoms with van der Waals surface area (Å²) in [5, 5.41) is 23.0. The number of nitro benzene ring substituents is 1. The van der Waals surface area contributed by atoms with Gasteiger partial charge in [0, 0.05) is 19.1 Å². The van der Waals surface area contributed by atoms with Gasteiger partial charge in [-0.2, -0.15) is 0 Å². The number of benzene rings is 1. The number of nitrogens with one attached hydrogen (secondary N) is 1. The van der Waals surface area contributed by atoms with Crippen molar-refractivity contribution in [3.63, 3.8) is 0 Å². The Morgan fingerprint density at radius 3 is 2.60 bits per heavy atom. The van der Waals surface area contributed by atoms with Gasteiger partial charge in [0.05, 0.1) is 12.0 Å². The average Bonchev–Trinajstić information content (AvgIpc) is 2.43. The van der Waals surface area contributed by atoms with Crippen LogP contribution in [0, 0.1) is 10.1 Å². The van der Waals surface area contributed by atoms with Gasteiger partial charge in [-0.15, -0.1) is 0 Å². The molecule has 0 aliphatic carbocycles. The number of esters is 1. The highest BCUT2D eigenvalue weighted by Crippen LogP contribution is 2.22. The van der Waals surface area contributed by atoms with Crippen molar-refractivity contribution in [2.75, 3.05) is 7.11 Å². The third-order valence-electron chi connectivity index (χ3n) is 2.55. The second-order valence-electron chi connectivity index (χ2n) is 4.00. The number of rotatable bonds is 5. The maximum atomic E-state index is 11.6. The minimum Gasteiger partial charge on any atom is -0.467 e. The van der Waals surface area contributed by atoms with E-state index in [4.69, 9.17) is 0 Å². The lowest BCUT2D eigenvalue weighted by molar-refractivity contribution is -0.385. The van der Waals surface area contributed by atoms with Gasteiger partial charge in [0.15, 0.2) is 6.04 Å².